The first-order valence-corrected chi connectivity index (χ1v) is 8.35. The smallest absolute Gasteiger partial charge is 0.200 e. The van der Waals surface area contributed by atoms with Gasteiger partial charge in [-0.15, -0.1) is 0 Å². The Hall–Kier alpha value is -2.39. The lowest BCUT2D eigenvalue weighted by molar-refractivity contribution is 0.0962. The van der Waals surface area contributed by atoms with Crippen LogP contribution in [0.4, 0.5) is 0 Å². The van der Waals surface area contributed by atoms with Crippen LogP contribution in [0.25, 0.3) is 10.9 Å². The Morgan fingerprint density at radius 2 is 1.92 bits per heavy atom. The van der Waals surface area contributed by atoms with Crippen molar-refractivity contribution in [1.29, 1.82) is 0 Å². The number of aromatic amines is 1. The van der Waals surface area contributed by atoms with Gasteiger partial charge in [0.2, 0.25) is 5.43 Å². The first kappa shape index (κ1) is 15.2. The summed E-state index contributed by atoms with van der Waals surface area (Å²) in [5, 5.41) is 0.970. The van der Waals surface area contributed by atoms with Crippen molar-refractivity contribution in [3.8, 4) is 0 Å². The van der Waals surface area contributed by atoms with Crippen LogP contribution in [0.15, 0.2) is 47.3 Å². The number of hydrogen-bond donors (Lipinski definition) is 1. The molecule has 0 radical (unpaired) electrons. The molecule has 0 amide bonds. The summed E-state index contributed by atoms with van der Waals surface area (Å²) in [7, 11) is 0. The lowest BCUT2D eigenvalue weighted by Crippen LogP contribution is -2.27. The zero-order valence-electron chi connectivity index (χ0n) is 13.2. The minimum Gasteiger partial charge on any atom is -0.358 e. The minimum absolute atomic E-state index is 0.0918. The number of aryl methyl sites for hydroxylation is 1. The van der Waals surface area contributed by atoms with Crippen LogP contribution < -0.4 is 5.43 Å². The van der Waals surface area contributed by atoms with E-state index in [-0.39, 0.29) is 17.1 Å². The normalized spacial score (nSPS) is 17.1. The number of Topliss-reactive ketones (excluding diaryl/α,β-unsaturated/α-hetero) is 1. The van der Waals surface area contributed by atoms with Gasteiger partial charge in [0.25, 0.3) is 0 Å². The zero-order valence-corrected chi connectivity index (χ0v) is 14.0. The number of pyridine rings is 1. The van der Waals surface area contributed by atoms with Crippen LogP contribution in [0.1, 0.15) is 39.5 Å². The number of carbonyl (C=O) groups is 1. The Morgan fingerprint density at radius 1 is 1.08 bits per heavy atom. The van der Waals surface area contributed by atoms with Gasteiger partial charge in [-0.05, 0) is 43.0 Å². The first-order valence-electron chi connectivity index (χ1n) is 7.97. The number of carbonyl (C=O) groups excluding carboxylic acids is 1. The Labute approximate surface area is 144 Å². The van der Waals surface area contributed by atoms with Crippen molar-refractivity contribution < 1.29 is 4.79 Å². The number of halogens is 1. The topological polar surface area (TPSA) is 49.9 Å². The fourth-order valence-electron chi connectivity index (χ4n) is 3.56. The van der Waals surface area contributed by atoms with Crippen molar-refractivity contribution in [3.63, 3.8) is 0 Å². The number of rotatable bonds is 1. The molecule has 4 rings (SSSR count). The molecule has 4 heteroatoms. The van der Waals surface area contributed by atoms with Crippen LogP contribution in [0.2, 0.25) is 5.02 Å². The largest absolute Gasteiger partial charge is 0.358 e. The highest BCUT2D eigenvalue weighted by atomic mass is 35.5. The van der Waals surface area contributed by atoms with Gasteiger partial charge >= 0.3 is 0 Å². The van der Waals surface area contributed by atoms with Crippen LogP contribution in [0, 0.1) is 6.92 Å². The van der Waals surface area contributed by atoms with Gasteiger partial charge < -0.3 is 4.98 Å². The molecule has 1 atom stereocenters. The van der Waals surface area contributed by atoms with E-state index in [1.54, 1.807) is 18.2 Å². The highest BCUT2D eigenvalue weighted by molar-refractivity contribution is 6.31. The molecule has 0 saturated carbocycles. The maximum absolute atomic E-state index is 12.7. The predicted molar refractivity (Wildman–Crippen MR) is 96.2 cm³/mol. The van der Waals surface area contributed by atoms with Gasteiger partial charge in [-0.25, -0.2) is 0 Å². The second kappa shape index (κ2) is 5.60. The van der Waals surface area contributed by atoms with Crippen molar-refractivity contribution in [2.75, 3.05) is 0 Å². The predicted octanol–water partition coefficient (Wildman–Crippen LogP) is 4.40. The van der Waals surface area contributed by atoms with Crippen molar-refractivity contribution in [2.24, 2.45) is 0 Å². The fraction of sp³-hybridized carbons (Fsp3) is 0.200. The third-order valence-electron chi connectivity index (χ3n) is 4.72. The van der Waals surface area contributed by atoms with Crippen LogP contribution >= 0.6 is 11.6 Å². The van der Waals surface area contributed by atoms with E-state index in [1.807, 2.05) is 19.1 Å². The maximum atomic E-state index is 12.7. The van der Waals surface area contributed by atoms with Gasteiger partial charge in [-0.3, -0.25) is 9.59 Å². The standard InChI is InChI=1S/C20H16ClNO2/c1-11-3-2-4-12(7-11)13-8-17-19(18(23)9-13)20(24)15-10-14(21)5-6-16(15)22-17/h2-7,10,13H,8-9H2,1H3,(H,22,24). The average Bonchev–Trinajstić information content (AvgIpc) is 2.55. The van der Waals surface area contributed by atoms with Crippen molar-refractivity contribution in [2.45, 2.75) is 25.7 Å². The molecule has 1 heterocycles. The molecule has 0 fully saturated rings. The number of aromatic nitrogens is 1. The lowest BCUT2D eigenvalue weighted by Gasteiger charge is -2.24. The summed E-state index contributed by atoms with van der Waals surface area (Å²) in [6, 6.07) is 13.4. The molecule has 0 aliphatic heterocycles. The number of benzene rings is 2. The van der Waals surface area contributed by atoms with Crippen molar-refractivity contribution in [1.82, 2.24) is 4.98 Å². The van der Waals surface area contributed by atoms with Crippen LogP contribution in [-0.4, -0.2) is 10.8 Å². The molecule has 0 bridgehead atoms. The lowest BCUT2D eigenvalue weighted by atomic mass is 9.81. The summed E-state index contributed by atoms with van der Waals surface area (Å²) >= 11 is 5.99. The monoisotopic (exact) mass is 337 g/mol. The van der Waals surface area contributed by atoms with Crippen molar-refractivity contribution >= 4 is 28.3 Å². The molecular formula is C20H16ClNO2. The summed E-state index contributed by atoms with van der Waals surface area (Å²) in [6.45, 7) is 2.04. The average molecular weight is 338 g/mol. The van der Waals surface area contributed by atoms with Crippen LogP contribution in [0.3, 0.4) is 0 Å². The quantitative estimate of drug-likeness (QED) is 0.715. The molecule has 1 N–H and O–H groups in total. The third kappa shape index (κ3) is 2.45. The van der Waals surface area contributed by atoms with E-state index >= 15 is 0 Å². The molecule has 1 unspecified atom stereocenters. The molecule has 3 aromatic rings. The number of hydrogen-bond acceptors (Lipinski definition) is 2. The van der Waals surface area contributed by atoms with Crippen molar-refractivity contribution in [3.05, 3.63) is 80.1 Å². The third-order valence-corrected chi connectivity index (χ3v) is 4.95. The summed E-state index contributed by atoms with van der Waals surface area (Å²) in [6.07, 6.45) is 1.03. The summed E-state index contributed by atoms with van der Waals surface area (Å²) in [4.78, 5) is 28.7. The molecule has 120 valence electrons. The highest BCUT2D eigenvalue weighted by Crippen LogP contribution is 2.32. The Morgan fingerprint density at radius 3 is 2.71 bits per heavy atom. The number of fused-ring (bicyclic) bond motifs is 2. The Bertz CT molecular complexity index is 1040. The number of nitrogens with one attached hydrogen (secondary N) is 1. The van der Waals surface area contributed by atoms with E-state index in [2.05, 4.69) is 17.1 Å². The van der Waals surface area contributed by atoms with Gasteiger partial charge in [0.15, 0.2) is 5.78 Å². The summed E-state index contributed by atoms with van der Waals surface area (Å²) in [5.74, 6) is 0.0104. The SMILES string of the molecule is Cc1cccc(C2CC(=O)c3c([nH]c4ccc(Cl)cc4c3=O)C2)c1. The zero-order chi connectivity index (χ0) is 16.8. The van der Waals surface area contributed by atoms with E-state index < -0.39 is 0 Å². The van der Waals surface area contributed by atoms with Crippen LogP contribution in [-0.2, 0) is 6.42 Å². The van der Waals surface area contributed by atoms with Gasteiger partial charge in [0.05, 0.1) is 5.56 Å². The second-order valence-corrected chi connectivity index (χ2v) is 6.88. The second-order valence-electron chi connectivity index (χ2n) is 6.44. The van der Waals surface area contributed by atoms with E-state index in [1.165, 1.54) is 5.56 Å². The molecule has 24 heavy (non-hydrogen) atoms. The van der Waals surface area contributed by atoms with Gasteiger partial charge in [0, 0.05) is 28.0 Å². The highest BCUT2D eigenvalue weighted by Gasteiger charge is 2.29. The first-order chi connectivity index (χ1) is 11.5. The van der Waals surface area contributed by atoms with E-state index in [0.717, 1.165) is 16.8 Å². The van der Waals surface area contributed by atoms with E-state index in [0.29, 0.717) is 28.8 Å². The Balaban J connectivity index is 1.86. The minimum atomic E-state index is -0.214. The van der Waals surface area contributed by atoms with Crippen LogP contribution in [0.5, 0.6) is 0 Å². The van der Waals surface area contributed by atoms with Gasteiger partial charge in [-0.1, -0.05) is 41.4 Å². The molecule has 0 saturated heterocycles. The van der Waals surface area contributed by atoms with Gasteiger partial charge in [0.1, 0.15) is 0 Å². The van der Waals surface area contributed by atoms with E-state index in [9.17, 15) is 9.59 Å². The number of ketones is 1. The number of H-pyrrole nitrogens is 1. The Kier molecular flexibility index (Phi) is 3.54. The van der Waals surface area contributed by atoms with E-state index in [4.69, 9.17) is 11.6 Å². The fourth-order valence-corrected chi connectivity index (χ4v) is 3.73. The summed E-state index contributed by atoms with van der Waals surface area (Å²) in [5.41, 5.74) is 3.86. The maximum Gasteiger partial charge on any atom is 0.200 e. The molecule has 1 aliphatic rings. The molecular weight excluding hydrogens is 322 g/mol. The molecule has 3 nitrogen and oxygen atoms in total. The molecule has 2 aromatic carbocycles. The molecule has 1 aliphatic carbocycles. The molecule has 1 aromatic heterocycles. The molecule has 0 spiro atoms. The van der Waals surface area contributed by atoms with Gasteiger partial charge in [-0.2, -0.15) is 0 Å². The summed E-state index contributed by atoms with van der Waals surface area (Å²) < 4.78 is 0.